The van der Waals surface area contributed by atoms with Crippen LogP contribution in [0.25, 0.3) is 0 Å². The van der Waals surface area contributed by atoms with Crippen molar-refractivity contribution in [2.75, 3.05) is 28.7 Å². The number of hydrogen-bond acceptors (Lipinski definition) is 10. The number of aryl methyl sites for hydroxylation is 1. The second-order valence-electron chi connectivity index (χ2n) is 7.41. The molecule has 2 heterocycles. The topological polar surface area (TPSA) is 106 Å². The van der Waals surface area contributed by atoms with Crippen molar-refractivity contribution in [3.63, 3.8) is 0 Å². The number of anilines is 5. The third kappa shape index (κ3) is 4.76. The Morgan fingerprint density at radius 1 is 0.971 bits per heavy atom. The van der Waals surface area contributed by atoms with Gasteiger partial charge in [-0.05, 0) is 69.3 Å². The number of esters is 2. The van der Waals surface area contributed by atoms with Gasteiger partial charge in [0.25, 0.3) is 0 Å². The standard InChI is InChI=1S/C24H25N5O4S/c1-4-32-21(30)15-6-10-17(11-7-15)26-23-25-14(3)19-20(28-23)29(24(34)27-19)18-12-8-16(9-13-18)22(31)33-5-2/h6-13,24,27,34H,4-5H2,1-3H3,(H,25,26,28)/t24-/m1/s1. The zero-order chi connectivity index (χ0) is 24.2. The summed E-state index contributed by atoms with van der Waals surface area (Å²) in [5.41, 5.74) is 3.64. The third-order valence-electron chi connectivity index (χ3n) is 5.13. The number of nitrogens with one attached hydrogen (secondary N) is 2. The number of carbonyl (C=O) groups is 2. The predicted octanol–water partition coefficient (Wildman–Crippen LogP) is 4.66. The van der Waals surface area contributed by atoms with Gasteiger partial charge in [-0.1, -0.05) is 0 Å². The van der Waals surface area contributed by atoms with E-state index in [0.29, 0.717) is 36.1 Å². The van der Waals surface area contributed by atoms with Crippen molar-refractivity contribution in [3.05, 3.63) is 65.4 Å². The number of benzene rings is 2. The van der Waals surface area contributed by atoms with Crippen LogP contribution in [0.4, 0.5) is 28.8 Å². The lowest BCUT2D eigenvalue weighted by molar-refractivity contribution is 0.0517. The molecule has 0 saturated heterocycles. The minimum Gasteiger partial charge on any atom is -0.462 e. The molecule has 0 radical (unpaired) electrons. The fourth-order valence-electron chi connectivity index (χ4n) is 3.54. The maximum absolute atomic E-state index is 12.0. The first-order chi connectivity index (χ1) is 16.4. The molecule has 3 aromatic rings. The van der Waals surface area contributed by atoms with Crippen LogP contribution in [0.3, 0.4) is 0 Å². The number of carbonyl (C=O) groups excluding carboxylic acids is 2. The van der Waals surface area contributed by atoms with Crippen LogP contribution in [0.1, 0.15) is 40.3 Å². The molecule has 0 bridgehead atoms. The lowest BCUT2D eigenvalue weighted by Crippen LogP contribution is -2.26. The Hall–Kier alpha value is -3.79. The fraction of sp³-hybridized carbons (Fsp3) is 0.250. The molecular weight excluding hydrogens is 454 g/mol. The Labute approximate surface area is 202 Å². The first-order valence-corrected chi connectivity index (χ1v) is 11.4. The van der Waals surface area contributed by atoms with E-state index in [1.807, 2.05) is 24.0 Å². The van der Waals surface area contributed by atoms with Gasteiger partial charge in [-0.2, -0.15) is 4.98 Å². The summed E-state index contributed by atoms with van der Waals surface area (Å²) in [6.45, 7) is 6.07. The SMILES string of the molecule is CCOC(=O)c1ccc(Nc2nc(C)c3c(n2)N(c2ccc(C(=O)OCC)cc2)[C@H](S)N3)cc1. The molecular formula is C24H25N5O4S. The highest BCUT2D eigenvalue weighted by Gasteiger charge is 2.31. The monoisotopic (exact) mass is 479 g/mol. The average Bonchev–Trinajstić information content (AvgIpc) is 3.16. The van der Waals surface area contributed by atoms with E-state index in [0.717, 1.165) is 22.8 Å². The maximum atomic E-state index is 12.0. The van der Waals surface area contributed by atoms with Gasteiger partial charge >= 0.3 is 11.9 Å². The number of aromatic nitrogens is 2. The Bertz CT molecular complexity index is 1200. The molecule has 2 aromatic carbocycles. The van der Waals surface area contributed by atoms with Crippen molar-refractivity contribution < 1.29 is 19.1 Å². The highest BCUT2D eigenvalue weighted by Crippen LogP contribution is 2.41. The zero-order valence-corrected chi connectivity index (χ0v) is 19.9. The summed E-state index contributed by atoms with van der Waals surface area (Å²) in [6.07, 6.45) is 0. The summed E-state index contributed by atoms with van der Waals surface area (Å²) < 4.78 is 10.1. The highest BCUT2D eigenvalue weighted by atomic mass is 32.1. The van der Waals surface area contributed by atoms with Crippen LogP contribution in [-0.4, -0.2) is 40.6 Å². The van der Waals surface area contributed by atoms with Crippen LogP contribution in [0.5, 0.6) is 0 Å². The minimum atomic E-state index is -0.366. The lowest BCUT2D eigenvalue weighted by atomic mass is 10.2. The molecule has 34 heavy (non-hydrogen) atoms. The van der Waals surface area contributed by atoms with Gasteiger partial charge in [0.2, 0.25) is 5.95 Å². The Morgan fingerprint density at radius 2 is 1.53 bits per heavy atom. The second kappa shape index (κ2) is 10.0. The summed E-state index contributed by atoms with van der Waals surface area (Å²) in [6, 6.07) is 14.0. The average molecular weight is 480 g/mol. The highest BCUT2D eigenvalue weighted by molar-refractivity contribution is 7.81. The van der Waals surface area contributed by atoms with E-state index in [9.17, 15) is 9.59 Å². The molecule has 0 spiro atoms. The van der Waals surface area contributed by atoms with Crippen LogP contribution in [0.2, 0.25) is 0 Å². The third-order valence-corrected chi connectivity index (χ3v) is 5.49. The summed E-state index contributed by atoms with van der Waals surface area (Å²) in [4.78, 5) is 35.0. The number of thiol groups is 1. The minimum absolute atomic E-state index is 0.320. The number of fused-ring (bicyclic) bond motifs is 1. The molecule has 176 valence electrons. The normalized spacial score (nSPS) is 14.2. The van der Waals surface area contributed by atoms with Crippen molar-refractivity contribution in [1.29, 1.82) is 0 Å². The molecule has 1 aliphatic heterocycles. The molecule has 2 N–H and O–H groups in total. The van der Waals surface area contributed by atoms with Gasteiger partial charge in [-0.3, -0.25) is 4.90 Å². The van der Waals surface area contributed by atoms with Gasteiger partial charge < -0.3 is 20.1 Å². The Balaban J connectivity index is 1.59. The van der Waals surface area contributed by atoms with Crippen LogP contribution >= 0.6 is 12.6 Å². The summed E-state index contributed by atoms with van der Waals surface area (Å²) in [7, 11) is 0. The number of rotatable bonds is 7. The van der Waals surface area contributed by atoms with Crippen molar-refractivity contribution in [2.24, 2.45) is 0 Å². The number of nitrogens with zero attached hydrogens (tertiary/aromatic N) is 3. The molecule has 0 aliphatic carbocycles. The number of ether oxygens (including phenoxy) is 2. The summed E-state index contributed by atoms with van der Waals surface area (Å²) >= 11 is 4.66. The van der Waals surface area contributed by atoms with Crippen LogP contribution < -0.4 is 15.5 Å². The van der Waals surface area contributed by atoms with Crippen molar-refractivity contribution in [3.8, 4) is 0 Å². The lowest BCUT2D eigenvalue weighted by Gasteiger charge is -2.22. The number of hydrogen-bond donors (Lipinski definition) is 3. The molecule has 1 aromatic heterocycles. The Morgan fingerprint density at radius 3 is 2.09 bits per heavy atom. The van der Waals surface area contributed by atoms with Gasteiger partial charge in [0, 0.05) is 11.4 Å². The molecule has 0 fully saturated rings. The molecule has 9 nitrogen and oxygen atoms in total. The van der Waals surface area contributed by atoms with Gasteiger partial charge in [-0.15, -0.1) is 12.6 Å². The summed E-state index contributed by atoms with van der Waals surface area (Å²) in [5, 5.41) is 6.47. The molecule has 1 aliphatic rings. The van der Waals surface area contributed by atoms with E-state index < -0.39 is 0 Å². The Kier molecular flexibility index (Phi) is 6.87. The largest absolute Gasteiger partial charge is 0.462 e. The van der Waals surface area contributed by atoms with E-state index in [2.05, 4.69) is 28.2 Å². The van der Waals surface area contributed by atoms with E-state index in [4.69, 9.17) is 14.5 Å². The maximum Gasteiger partial charge on any atom is 0.338 e. The molecule has 4 rings (SSSR count). The van der Waals surface area contributed by atoms with Crippen LogP contribution in [0, 0.1) is 6.92 Å². The first-order valence-electron chi connectivity index (χ1n) is 10.8. The van der Waals surface area contributed by atoms with E-state index in [-0.39, 0.29) is 17.4 Å². The second-order valence-corrected chi connectivity index (χ2v) is 7.90. The van der Waals surface area contributed by atoms with Crippen molar-refractivity contribution in [1.82, 2.24) is 9.97 Å². The van der Waals surface area contributed by atoms with Crippen molar-refractivity contribution in [2.45, 2.75) is 26.3 Å². The van der Waals surface area contributed by atoms with Gasteiger partial charge in [0.05, 0.1) is 30.0 Å². The predicted molar refractivity (Wildman–Crippen MR) is 133 cm³/mol. The smallest absolute Gasteiger partial charge is 0.338 e. The van der Waals surface area contributed by atoms with Crippen molar-refractivity contribution >= 4 is 53.4 Å². The van der Waals surface area contributed by atoms with E-state index >= 15 is 0 Å². The van der Waals surface area contributed by atoms with Gasteiger partial charge in [0.1, 0.15) is 5.69 Å². The molecule has 0 unspecified atom stereocenters. The molecule has 0 saturated carbocycles. The quantitative estimate of drug-likeness (QED) is 0.330. The van der Waals surface area contributed by atoms with Crippen LogP contribution in [0.15, 0.2) is 48.5 Å². The molecule has 10 heteroatoms. The first kappa shape index (κ1) is 23.4. The fourth-order valence-corrected chi connectivity index (χ4v) is 3.91. The molecule has 1 atom stereocenters. The summed E-state index contributed by atoms with van der Waals surface area (Å²) in [5.74, 6) is 0.323. The van der Waals surface area contributed by atoms with Crippen LogP contribution in [-0.2, 0) is 9.47 Å². The molecule has 0 amide bonds. The van der Waals surface area contributed by atoms with Gasteiger partial charge in [-0.25, -0.2) is 14.6 Å². The zero-order valence-electron chi connectivity index (χ0n) is 19.0. The van der Waals surface area contributed by atoms with E-state index in [1.165, 1.54) is 0 Å². The van der Waals surface area contributed by atoms with Gasteiger partial charge in [0.15, 0.2) is 11.3 Å². The van der Waals surface area contributed by atoms with E-state index in [1.54, 1.807) is 50.2 Å².